The molecule has 0 aliphatic heterocycles. The molecule has 0 spiro atoms. The first kappa shape index (κ1) is 13.3. The standard InChI is InChI=1S/C8H5NO3S.Na/c10-7-3-5(9-4-13)1-2-6(7)8(11)12;/h1-3,10H,(H,11,12);/q;+1/p-1. The van der Waals surface area contributed by atoms with Gasteiger partial charge in [0.2, 0.25) is 0 Å². The second-order valence-corrected chi connectivity index (χ2v) is 2.37. The van der Waals surface area contributed by atoms with Crippen molar-refractivity contribution in [2.24, 2.45) is 4.99 Å². The molecular formula is C8H4NNaO3S. The molecule has 0 aliphatic carbocycles. The Morgan fingerprint density at radius 2 is 2.21 bits per heavy atom. The molecule has 6 heteroatoms. The smallest absolute Gasteiger partial charge is 0.545 e. The zero-order valence-corrected chi connectivity index (χ0v) is 10.2. The molecule has 0 amide bonds. The van der Waals surface area contributed by atoms with Crippen molar-refractivity contribution in [2.75, 3.05) is 0 Å². The van der Waals surface area contributed by atoms with Crippen LogP contribution >= 0.6 is 12.2 Å². The van der Waals surface area contributed by atoms with E-state index in [1.165, 1.54) is 18.2 Å². The van der Waals surface area contributed by atoms with Crippen LogP contribution in [-0.2, 0) is 0 Å². The predicted molar refractivity (Wildman–Crippen MR) is 47.1 cm³/mol. The minimum atomic E-state index is -1.43. The molecule has 1 aromatic carbocycles. The van der Waals surface area contributed by atoms with Gasteiger partial charge >= 0.3 is 29.6 Å². The molecule has 0 bridgehead atoms. The van der Waals surface area contributed by atoms with E-state index in [1.807, 2.05) is 0 Å². The average molecular weight is 217 g/mol. The van der Waals surface area contributed by atoms with E-state index in [0.717, 1.165) is 0 Å². The SMILES string of the molecule is O=C([O-])c1ccc(N=C=S)cc1O.[Na+]. The van der Waals surface area contributed by atoms with Crippen molar-refractivity contribution >= 4 is 29.0 Å². The number of phenols is 1. The summed E-state index contributed by atoms with van der Waals surface area (Å²) < 4.78 is 0. The summed E-state index contributed by atoms with van der Waals surface area (Å²) in [5.74, 6) is -1.83. The van der Waals surface area contributed by atoms with E-state index in [9.17, 15) is 9.90 Å². The number of nitrogens with zero attached hydrogens (tertiary/aromatic N) is 1. The number of rotatable bonds is 2. The zero-order valence-electron chi connectivity index (χ0n) is 7.35. The number of benzene rings is 1. The number of aliphatic imine (C=N–C) groups is 1. The van der Waals surface area contributed by atoms with Crippen molar-refractivity contribution in [1.29, 1.82) is 0 Å². The summed E-state index contributed by atoms with van der Waals surface area (Å²) in [6.07, 6.45) is 0. The fourth-order valence-corrected chi connectivity index (χ4v) is 0.920. The third-order valence-corrected chi connectivity index (χ3v) is 1.47. The van der Waals surface area contributed by atoms with Gasteiger partial charge < -0.3 is 15.0 Å². The van der Waals surface area contributed by atoms with Crippen LogP contribution in [0.25, 0.3) is 0 Å². The van der Waals surface area contributed by atoms with E-state index in [2.05, 4.69) is 22.4 Å². The van der Waals surface area contributed by atoms with Gasteiger partial charge in [-0.25, -0.2) is 0 Å². The first-order valence-corrected chi connectivity index (χ1v) is 3.68. The van der Waals surface area contributed by atoms with Crippen molar-refractivity contribution in [2.45, 2.75) is 0 Å². The fourth-order valence-electron chi connectivity index (χ4n) is 0.815. The Bertz CT molecular complexity index is 402. The fraction of sp³-hybridized carbons (Fsp3) is 0. The van der Waals surface area contributed by atoms with Gasteiger partial charge in [-0.2, -0.15) is 4.99 Å². The van der Waals surface area contributed by atoms with Crippen molar-refractivity contribution < 1.29 is 44.6 Å². The molecule has 0 saturated heterocycles. The third-order valence-electron chi connectivity index (χ3n) is 1.38. The number of carboxylic acid groups (broad SMARTS) is 1. The number of hydrogen-bond donors (Lipinski definition) is 1. The molecule has 1 rings (SSSR count). The van der Waals surface area contributed by atoms with E-state index in [1.54, 1.807) is 0 Å². The van der Waals surface area contributed by atoms with E-state index >= 15 is 0 Å². The van der Waals surface area contributed by atoms with Crippen LogP contribution in [-0.4, -0.2) is 16.2 Å². The van der Waals surface area contributed by atoms with Crippen LogP contribution in [0.4, 0.5) is 5.69 Å². The maximum atomic E-state index is 10.4. The van der Waals surface area contributed by atoms with Crippen molar-refractivity contribution in [3.05, 3.63) is 23.8 Å². The Morgan fingerprint density at radius 1 is 1.57 bits per heavy atom. The summed E-state index contributed by atoms with van der Waals surface area (Å²) in [5, 5.41) is 21.6. The number of aromatic hydroxyl groups is 1. The van der Waals surface area contributed by atoms with Gasteiger partial charge in [-0.05, 0) is 24.4 Å². The van der Waals surface area contributed by atoms with Gasteiger partial charge in [-0.15, -0.1) is 0 Å². The molecule has 0 atom stereocenters. The summed E-state index contributed by atoms with van der Waals surface area (Å²) in [7, 11) is 0. The number of hydrogen-bond acceptors (Lipinski definition) is 5. The van der Waals surface area contributed by atoms with E-state index in [0.29, 0.717) is 5.69 Å². The Kier molecular flexibility index (Phi) is 5.60. The molecule has 0 fully saturated rings. The summed E-state index contributed by atoms with van der Waals surface area (Å²) in [5.41, 5.74) is 0.0702. The minimum Gasteiger partial charge on any atom is -0.545 e. The van der Waals surface area contributed by atoms with Crippen LogP contribution in [0.2, 0.25) is 0 Å². The summed E-state index contributed by atoms with van der Waals surface area (Å²) in [4.78, 5) is 13.9. The second kappa shape index (κ2) is 5.90. The number of isothiocyanates is 1. The van der Waals surface area contributed by atoms with Gasteiger partial charge in [-0.3, -0.25) is 0 Å². The normalized spacial score (nSPS) is 8.29. The van der Waals surface area contributed by atoms with Crippen molar-refractivity contribution in [3.63, 3.8) is 0 Å². The van der Waals surface area contributed by atoms with Gasteiger partial charge in [0.25, 0.3) is 0 Å². The van der Waals surface area contributed by atoms with Crippen LogP contribution in [0.3, 0.4) is 0 Å². The van der Waals surface area contributed by atoms with Gasteiger partial charge in [0.1, 0.15) is 5.75 Å². The molecular weight excluding hydrogens is 213 g/mol. The molecule has 0 aromatic heterocycles. The number of thiocarbonyl (C=S) groups is 1. The topological polar surface area (TPSA) is 72.7 Å². The molecule has 0 saturated carbocycles. The Balaban J connectivity index is 0.00000169. The Hall–Kier alpha value is -0.710. The van der Waals surface area contributed by atoms with Crippen LogP contribution in [0.1, 0.15) is 10.4 Å². The number of carbonyl (C=O) groups is 1. The molecule has 1 aromatic rings. The molecule has 66 valence electrons. The van der Waals surface area contributed by atoms with E-state index in [-0.39, 0.29) is 35.1 Å². The summed E-state index contributed by atoms with van der Waals surface area (Å²) in [6.45, 7) is 0. The predicted octanol–water partition coefficient (Wildman–Crippen LogP) is -2.51. The monoisotopic (exact) mass is 217 g/mol. The quantitative estimate of drug-likeness (QED) is 0.337. The maximum Gasteiger partial charge on any atom is 1.00 e. The third kappa shape index (κ3) is 3.21. The largest absolute Gasteiger partial charge is 1.00 e. The molecule has 1 N–H and O–H groups in total. The Morgan fingerprint density at radius 3 is 2.64 bits per heavy atom. The molecule has 0 aliphatic rings. The van der Waals surface area contributed by atoms with E-state index in [4.69, 9.17) is 5.11 Å². The first-order chi connectivity index (χ1) is 6.15. The summed E-state index contributed by atoms with van der Waals surface area (Å²) in [6, 6.07) is 3.75. The second-order valence-electron chi connectivity index (χ2n) is 2.19. The van der Waals surface area contributed by atoms with Gasteiger partial charge in [0, 0.05) is 11.6 Å². The average Bonchev–Trinajstić information content (AvgIpc) is 2.04. The van der Waals surface area contributed by atoms with Crippen molar-refractivity contribution in [1.82, 2.24) is 0 Å². The molecule has 14 heavy (non-hydrogen) atoms. The Labute approximate surface area is 108 Å². The van der Waals surface area contributed by atoms with Gasteiger partial charge in [0.15, 0.2) is 0 Å². The molecule has 0 unspecified atom stereocenters. The maximum absolute atomic E-state index is 10.4. The van der Waals surface area contributed by atoms with Crippen LogP contribution < -0.4 is 34.7 Å². The number of aromatic carboxylic acids is 1. The first-order valence-electron chi connectivity index (χ1n) is 3.27. The molecule has 4 nitrogen and oxygen atoms in total. The number of carboxylic acids is 1. The summed E-state index contributed by atoms with van der Waals surface area (Å²) >= 11 is 4.33. The van der Waals surface area contributed by atoms with Crippen LogP contribution in [0, 0.1) is 0 Å². The molecule has 0 radical (unpaired) electrons. The van der Waals surface area contributed by atoms with Crippen LogP contribution in [0.15, 0.2) is 23.2 Å². The van der Waals surface area contributed by atoms with E-state index < -0.39 is 11.7 Å². The van der Waals surface area contributed by atoms with Crippen LogP contribution in [0.5, 0.6) is 5.75 Å². The van der Waals surface area contributed by atoms with Gasteiger partial charge in [-0.1, -0.05) is 0 Å². The number of carbonyl (C=O) groups excluding carboxylic acids is 1. The minimum absolute atomic E-state index is 0. The van der Waals surface area contributed by atoms with Crippen molar-refractivity contribution in [3.8, 4) is 5.75 Å². The molecule has 0 heterocycles. The van der Waals surface area contributed by atoms with Gasteiger partial charge in [0.05, 0.1) is 16.8 Å². The zero-order chi connectivity index (χ0) is 9.84.